The molecule has 5 nitrogen and oxygen atoms in total. The largest absolute Gasteiger partial charge is 0.506 e. The lowest BCUT2D eigenvalue weighted by Crippen LogP contribution is -2.43. The first-order valence-corrected chi connectivity index (χ1v) is 9.49. The fourth-order valence-electron chi connectivity index (χ4n) is 3.13. The summed E-state index contributed by atoms with van der Waals surface area (Å²) in [5, 5.41) is 26.6. The Bertz CT molecular complexity index is 780. The number of hydrogen-bond donors (Lipinski definition) is 4. The molecular weight excluding hydrogens is 348 g/mol. The maximum atomic E-state index is 11.1. The Morgan fingerprint density at radius 3 is 2.69 bits per heavy atom. The van der Waals surface area contributed by atoms with Gasteiger partial charge in [0.2, 0.25) is 0 Å². The Morgan fingerprint density at radius 2 is 2.00 bits per heavy atom. The second-order valence-electron chi connectivity index (χ2n) is 7.14. The van der Waals surface area contributed by atoms with Gasteiger partial charge >= 0.3 is 0 Å². The second-order valence-corrected chi connectivity index (χ2v) is 8.29. The number of aldehydes is 1. The topological polar surface area (TPSA) is 81.6 Å². The van der Waals surface area contributed by atoms with E-state index in [1.165, 1.54) is 17.3 Å². The van der Waals surface area contributed by atoms with Crippen LogP contribution in [-0.4, -0.2) is 34.0 Å². The Balaban J connectivity index is 1.68. The van der Waals surface area contributed by atoms with Crippen LogP contribution in [0.5, 0.6) is 5.75 Å². The summed E-state index contributed by atoms with van der Waals surface area (Å²) < 4.78 is 0. The fourth-order valence-corrected chi connectivity index (χ4v) is 4.24. The number of nitrogens with one attached hydrogen (secondary N) is 2. The molecule has 0 bridgehead atoms. The van der Waals surface area contributed by atoms with Crippen molar-refractivity contribution in [2.45, 2.75) is 42.2 Å². The van der Waals surface area contributed by atoms with Gasteiger partial charge in [0, 0.05) is 17.0 Å². The average molecular weight is 372 g/mol. The SMILES string of the molecule is CC(C)(Cc1ccccc1)NC[C@H](O)c1ccc(O)c2c1SC(C=O)N2. The molecular formula is C20H24N2O3S. The molecule has 1 aliphatic heterocycles. The molecule has 0 aromatic heterocycles. The lowest BCUT2D eigenvalue weighted by molar-refractivity contribution is -0.107. The molecule has 0 spiro atoms. The summed E-state index contributed by atoms with van der Waals surface area (Å²) in [7, 11) is 0. The molecule has 2 aromatic carbocycles. The summed E-state index contributed by atoms with van der Waals surface area (Å²) >= 11 is 1.31. The molecule has 0 saturated heterocycles. The molecule has 1 heterocycles. The number of β-amino-alcohol motifs (C(OH)–C–C–N with tert-alkyl or cyclic N) is 1. The van der Waals surface area contributed by atoms with Crippen molar-refractivity contribution in [3.8, 4) is 5.75 Å². The maximum absolute atomic E-state index is 11.1. The number of aliphatic hydroxyl groups is 1. The number of fused-ring (bicyclic) bond motifs is 1. The zero-order chi connectivity index (χ0) is 18.7. The Morgan fingerprint density at radius 1 is 1.27 bits per heavy atom. The monoisotopic (exact) mass is 372 g/mol. The van der Waals surface area contributed by atoms with Crippen LogP contribution in [0.25, 0.3) is 0 Å². The highest BCUT2D eigenvalue weighted by atomic mass is 32.2. The first-order chi connectivity index (χ1) is 12.4. The maximum Gasteiger partial charge on any atom is 0.152 e. The van der Waals surface area contributed by atoms with Crippen molar-refractivity contribution < 1.29 is 15.0 Å². The van der Waals surface area contributed by atoms with Crippen molar-refractivity contribution in [3.05, 3.63) is 53.6 Å². The van der Waals surface area contributed by atoms with Crippen molar-refractivity contribution in [2.75, 3.05) is 11.9 Å². The van der Waals surface area contributed by atoms with Gasteiger partial charge in [-0.25, -0.2) is 0 Å². The quantitative estimate of drug-likeness (QED) is 0.442. The van der Waals surface area contributed by atoms with Crippen LogP contribution in [0, 0.1) is 0 Å². The van der Waals surface area contributed by atoms with E-state index in [1.54, 1.807) is 12.1 Å². The highest BCUT2D eigenvalue weighted by Crippen LogP contribution is 2.46. The van der Waals surface area contributed by atoms with Gasteiger partial charge < -0.3 is 25.6 Å². The summed E-state index contributed by atoms with van der Waals surface area (Å²) in [5.74, 6) is 0.0881. The van der Waals surface area contributed by atoms with Crippen molar-refractivity contribution in [2.24, 2.45) is 0 Å². The third-order valence-electron chi connectivity index (χ3n) is 4.44. The van der Waals surface area contributed by atoms with Crippen molar-refractivity contribution in [1.82, 2.24) is 5.32 Å². The van der Waals surface area contributed by atoms with Gasteiger partial charge in [-0.3, -0.25) is 0 Å². The molecule has 0 fully saturated rings. The molecule has 2 atom stereocenters. The van der Waals surface area contributed by atoms with Crippen LogP contribution in [0.4, 0.5) is 5.69 Å². The van der Waals surface area contributed by atoms with Crippen LogP contribution in [-0.2, 0) is 11.2 Å². The van der Waals surface area contributed by atoms with E-state index in [0.717, 1.165) is 17.6 Å². The van der Waals surface area contributed by atoms with Gasteiger partial charge in [-0.2, -0.15) is 0 Å². The summed E-state index contributed by atoms with van der Waals surface area (Å²) in [5.41, 5.74) is 2.28. The molecule has 0 aliphatic carbocycles. The third-order valence-corrected chi connectivity index (χ3v) is 5.60. The standard InChI is InChI=1S/C20H24N2O3S/c1-20(2,10-13-6-4-3-5-7-13)21-11-16(25)14-8-9-15(24)18-19(14)26-17(12-23)22-18/h3-9,12,16-17,21-22,24-25H,10-11H2,1-2H3/t16-,17?/m0/s1. The van der Waals surface area contributed by atoms with Gasteiger partial charge in [0.05, 0.1) is 11.8 Å². The Hall–Kier alpha value is -2.02. The van der Waals surface area contributed by atoms with E-state index in [4.69, 9.17) is 0 Å². The number of phenols is 1. The Labute approximate surface area is 157 Å². The number of anilines is 1. The van der Waals surface area contributed by atoms with Gasteiger partial charge in [-0.15, -0.1) is 0 Å². The number of phenolic OH excluding ortho intramolecular Hbond substituents is 1. The van der Waals surface area contributed by atoms with Gasteiger partial charge in [-0.1, -0.05) is 48.2 Å². The number of rotatable bonds is 7. The van der Waals surface area contributed by atoms with E-state index in [2.05, 4.69) is 36.6 Å². The van der Waals surface area contributed by atoms with Crippen LogP contribution in [0.3, 0.4) is 0 Å². The average Bonchev–Trinajstić information content (AvgIpc) is 3.06. The van der Waals surface area contributed by atoms with Crippen molar-refractivity contribution in [3.63, 3.8) is 0 Å². The molecule has 0 radical (unpaired) electrons. The molecule has 138 valence electrons. The number of thioether (sulfide) groups is 1. The minimum absolute atomic E-state index is 0.0881. The molecule has 1 unspecified atom stereocenters. The minimum atomic E-state index is -0.737. The smallest absolute Gasteiger partial charge is 0.152 e. The predicted octanol–water partition coefficient (Wildman–Crippen LogP) is 3.08. The number of benzene rings is 2. The van der Waals surface area contributed by atoms with E-state index in [1.807, 2.05) is 18.2 Å². The molecule has 1 aliphatic rings. The van der Waals surface area contributed by atoms with E-state index in [-0.39, 0.29) is 11.3 Å². The molecule has 4 N–H and O–H groups in total. The Kier molecular flexibility index (Phi) is 5.55. The summed E-state index contributed by atoms with van der Waals surface area (Å²) in [6.07, 6.45) is 0.901. The molecule has 2 aromatic rings. The van der Waals surface area contributed by atoms with E-state index in [0.29, 0.717) is 17.8 Å². The van der Waals surface area contributed by atoms with Gasteiger partial charge in [0.15, 0.2) is 6.29 Å². The first kappa shape index (κ1) is 18.8. The molecule has 6 heteroatoms. The number of aliphatic hydroxyl groups excluding tert-OH is 1. The van der Waals surface area contributed by atoms with Crippen molar-refractivity contribution in [1.29, 1.82) is 0 Å². The number of aromatic hydroxyl groups is 1. The predicted molar refractivity (Wildman–Crippen MR) is 105 cm³/mol. The molecule has 0 amide bonds. The van der Waals surface area contributed by atoms with Gasteiger partial charge in [0.25, 0.3) is 0 Å². The minimum Gasteiger partial charge on any atom is -0.506 e. The van der Waals surface area contributed by atoms with E-state index >= 15 is 0 Å². The zero-order valence-electron chi connectivity index (χ0n) is 14.9. The van der Waals surface area contributed by atoms with Crippen LogP contribution >= 0.6 is 11.8 Å². The normalized spacial score (nSPS) is 17.4. The van der Waals surface area contributed by atoms with Crippen LogP contribution in [0.1, 0.15) is 31.1 Å². The third kappa shape index (κ3) is 4.20. The van der Waals surface area contributed by atoms with Crippen LogP contribution < -0.4 is 10.6 Å². The number of carbonyl (C=O) groups excluding carboxylic acids is 1. The van der Waals surface area contributed by atoms with E-state index in [9.17, 15) is 15.0 Å². The lowest BCUT2D eigenvalue weighted by Gasteiger charge is -2.28. The van der Waals surface area contributed by atoms with Gasteiger partial charge in [-0.05, 0) is 37.5 Å². The second kappa shape index (κ2) is 7.70. The summed E-state index contributed by atoms with van der Waals surface area (Å²) in [6, 6.07) is 13.5. The van der Waals surface area contributed by atoms with Crippen LogP contribution in [0.15, 0.2) is 47.4 Å². The highest BCUT2D eigenvalue weighted by Gasteiger charge is 2.29. The summed E-state index contributed by atoms with van der Waals surface area (Å²) in [4.78, 5) is 11.8. The fraction of sp³-hybridized carbons (Fsp3) is 0.350. The van der Waals surface area contributed by atoms with Crippen LogP contribution in [0.2, 0.25) is 0 Å². The zero-order valence-corrected chi connectivity index (χ0v) is 15.7. The molecule has 26 heavy (non-hydrogen) atoms. The lowest BCUT2D eigenvalue weighted by atomic mass is 9.94. The highest BCUT2D eigenvalue weighted by molar-refractivity contribution is 8.01. The first-order valence-electron chi connectivity index (χ1n) is 8.61. The van der Waals surface area contributed by atoms with Gasteiger partial charge in [0.1, 0.15) is 11.1 Å². The van der Waals surface area contributed by atoms with Crippen molar-refractivity contribution >= 4 is 23.7 Å². The number of hydrogen-bond acceptors (Lipinski definition) is 6. The van der Waals surface area contributed by atoms with E-state index < -0.39 is 11.5 Å². The number of carbonyl (C=O) groups is 1. The molecule has 3 rings (SSSR count). The summed E-state index contributed by atoms with van der Waals surface area (Å²) in [6.45, 7) is 4.59. The molecule has 0 saturated carbocycles.